The van der Waals surface area contributed by atoms with Crippen molar-refractivity contribution in [1.82, 2.24) is 4.98 Å². The van der Waals surface area contributed by atoms with Crippen LogP contribution in [0.3, 0.4) is 0 Å². The first-order valence-electron chi connectivity index (χ1n) is 16.0. The number of aromatic nitrogens is 1. The third-order valence-corrected chi connectivity index (χ3v) is 7.94. The molecule has 0 bridgehead atoms. The number of benzene rings is 6. The standard InChI is InChI=1S/C22H17N3O2.C19H14ClNO4/c23-13-20-19-12-18(10-11-21(19)25-22(20)24)27-17-8-6-16(7-9-17)26-14-15-4-2-1-3-5-15;20-18-12-17(10-11-19(18)21(22)23)25-16-8-6-15(7-9-16)24-13-14-4-2-1-3-5-14/h1-12,25H,14,24H2;1-12H,13H2. The molecule has 0 saturated heterocycles. The van der Waals surface area contributed by atoms with Gasteiger partial charge in [0.25, 0.3) is 5.69 Å². The van der Waals surface area contributed by atoms with Crippen molar-refractivity contribution in [2.45, 2.75) is 13.2 Å². The van der Waals surface area contributed by atoms with E-state index in [0.29, 0.717) is 47.6 Å². The summed E-state index contributed by atoms with van der Waals surface area (Å²) in [6.07, 6.45) is 0. The highest BCUT2D eigenvalue weighted by molar-refractivity contribution is 6.32. The SMILES string of the molecule is N#Cc1c(N)[nH]c2ccc(Oc3ccc(OCc4ccccc4)cc3)cc12.O=[N+]([O-])c1ccc(Oc2ccc(OCc3ccccc3)cc2)cc1Cl. The zero-order valence-corrected chi connectivity index (χ0v) is 28.3. The summed E-state index contributed by atoms with van der Waals surface area (Å²) in [5, 5.41) is 20.8. The molecule has 7 rings (SSSR count). The lowest BCUT2D eigenvalue weighted by Gasteiger charge is -2.09. The number of nitrogens with zero attached hydrogens (tertiary/aromatic N) is 2. The number of nitro groups is 1. The molecule has 0 aliphatic rings. The van der Waals surface area contributed by atoms with Crippen LogP contribution >= 0.6 is 11.6 Å². The van der Waals surface area contributed by atoms with Gasteiger partial charge in [-0.1, -0.05) is 72.3 Å². The highest BCUT2D eigenvalue weighted by Crippen LogP contribution is 2.32. The highest BCUT2D eigenvalue weighted by atomic mass is 35.5. The van der Waals surface area contributed by atoms with Crippen molar-refractivity contribution in [3.8, 4) is 40.6 Å². The smallest absolute Gasteiger partial charge is 0.288 e. The molecule has 1 heterocycles. The lowest BCUT2D eigenvalue weighted by molar-refractivity contribution is -0.384. The molecule has 3 N–H and O–H groups in total. The maximum absolute atomic E-state index is 10.8. The molecule has 0 amide bonds. The molecule has 1 aromatic heterocycles. The topological polar surface area (TPSA) is 146 Å². The third kappa shape index (κ3) is 9.18. The van der Waals surface area contributed by atoms with Crippen LogP contribution in [0, 0.1) is 21.4 Å². The number of nitriles is 1. The molecule has 0 aliphatic heterocycles. The predicted molar refractivity (Wildman–Crippen MR) is 200 cm³/mol. The lowest BCUT2D eigenvalue weighted by Crippen LogP contribution is -1.95. The summed E-state index contributed by atoms with van der Waals surface area (Å²) in [4.78, 5) is 13.2. The van der Waals surface area contributed by atoms with Crippen LogP contribution in [0.25, 0.3) is 10.9 Å². The normalized spacial score (nSPS) is 10.4. The number of nitrogens with two attached hydrogens (primary N) is 1. The van der Waals surface area contributed by atoms with Crippen molar-refractivity contribution < 1.29 is 23.9 Å². The second kappa shape index (κ2) is 16.6. The molecule has 11 heteroatoms. The predicted octanol–water partition coefficient (Wildman–Crippen LogP) is 10.6. The molecule has 7 aromatic rings. The van der Waals surface area contributed by atoms with Crippen molar-refractivity contribution in [1.29, 1.82) is 5.26 Å². The number of anilines is 1. The Balaban J connectivity index is 0.000000179. The molecule has 52 heavy (non-hydrogen) atoms. The minimum atomic E-state index is -0.537. The minimum absolute atomic E-state index is 0.0327. The third-order valence-electron chi connectivity index (χ3n) is 7.64. The molecule has 0 aliphatic carbocycles. The van der Waals surface area contributed by atoms with E-state index in [1.807, 2.05) is 97.1 Å². The summed E-state index contributed by atoms with van der Waals surface area (Å²) in [6, 6.07) is 46.3. The maximum atomic E-state index is 10.8. The van der Waals surface area contributed by atoms with Gasteiger partial charge in [0.1, 0.15) is 70.2 Å². The minimum Gasteiger partial charge on any atom is -0.489 e. The number of nitrogens with one attached hydrogen (secondary N) is 1. The van der Waals surface area contributed by atoms with Crippen LogP contribution in [0.1, 0.15) is 16.7 Å². The van der Waals surface area contributed by atoms with Crippen molar-refractivity contribution in [2.24, 2.45) is 0 Å². The van der Waals surface area contributed by atoms with E-state index in [2.05, 4.69) is 11.1 Å². The van der Waals surface area contributed by atoms with E-state index in [9.17, 15) is 15.4 Å². The summed E-state index contributed by atoms with van der Waals surface area (Å²) >= 11 is 5.87. The number of nitrogen functional groups attached to an aromatic ring is 1. The van der Waals surface area contributed by atoms with Gasteiger partial charge in [-0.25, -0.2) is 0 Å². The second-order valence-electron chi connectivity index (χ2n) is 11.3. The Morgan fingerprint density at radius 2 is 1.12 bits per heavy atom. The van der Waals surface area contributed by atoms with Crippen LogP contribution in [-0.4, -0.2) is 9.91 Å². The lowest BCUT2D eigenvalue weighted by atomic mass is 10.2. The maximum Gasteiger partial charge on any atom is 0.288 e. The molecule has 10 nitrogen and oxygen atoms in total. The fourth-order valence-electron chi connectivity index (χ4n) is 5.04. The van der Waals surface area contributed by atoms with E-state index in [1.165, 1.54) is 18.2 Å². The van der Waals surface area contributed by atoms with E-state index in [-0.39, 0.29) is 10.7 Å². The Kier molecular flexibility index (Phi) is 11.2. The first-order valence-corrected chi connectivity index (χ1v) is 16.4. The zero-order chi connectivity index (χ0) is 36.3. The molecule has 258 valence electrons. The Morgan fingerprint density at radius 3 is 1.60 bits per heavy atom. The molecule has 0 radical (unpaired) electrons. The summed E-state index contributed by atoms with van der Waals surface area (Å²) in [6.45, 7) is 1.00. The number of H-pyrrole nitrogens is 1. The molecule has 0 saturated carbocycles. The van der Waals surface area contributed by atoms with Crippen molar-refractivity contribution in [3.63, 3.8) is 0 Å². The number of rotatable bonds is 11. The number of fused-ring (bicyclic) bond motifs is 1. The monoisotopic (exact) mass is 710 g/mol. The van der Waals surface area contributed by atoms with Crippen molar-refractivity contribution >= 4 is 34.0 Å². The molecular weight excluding hydrogens is 680 g/mol. The number of aromatic amines is 1. The summed E-state index contributed by atoms with van der Waals surface area (Å²) in [7, 11) is 0. The Bertz CT molecular complexity index is 2310. The van der Waals surface area contributed by atoms with Crippen LogP contribution in [0.4, 0.5) is 11.5 Å². The van der Waals surface area contributed by atoms with Gasteiger partial charge in [0.15, 0.2) is 0 Å². The van der Waals surface area contributed by atoms with E-state index >= 15 is 0 Å². The van der Waals surface area contributed by atoms with E-state index < -0.39 is 4.92 Å². The van der Waals surface area contributed by atoms with Crippen molar-refractivity contribution in [2.75, 3.05) is 5.73 Å². The Labute approximate surface area is 304 Å². The number of hydrogen-bond acceptors (Lipinski definition) is 8. The number of ether oxygens (including phenoxy) is 4. The average Bonchev–Trinajstić information content (AvgIpc) is 3.49. The van der Waals surface area contributed by atoms with Gasteiger partial charge in [-0.3, -0.25) is 10.1 Å². The molecular formula is C41H31ClN4O6. The summed E-state index contributed by atoms with van der Waals surface area (Å²) in [5.74, 6) is 4.18. The quantitative estimate of drug-likeness (QED) is 0.0996. The Hall–Kier alpha value is -6.96. The van der Waals surface area contributed by atoms with Gasteiger partial charge in [0, 0.05) is 23.0 Å². The molecule has 0 spiro atoms. The van der Waals surface area contributed by atoms with E-state index in [1.54, 1.807) is 30.3 Å². The summed E-state index contributed by atoms with van der Waals surface area (Å²) in [5.41, 5.74) is 9.11. The molecule has 0 fully saturated rings. The van der Waals surface area contributed by atoms with Crippen LogP contribution in [-0.2, 0) is 13.2 Å². The van der Waals surface area contributed by atoms with Crippen LogP contribution in [0.5, 0.6) is 34.5 Å². The van der Waals surface area contributed by atoms with E-state index in [0.717, 1.165) is 33.5 Å². The zero-order valence-electron chi connectivity index (χ0n) is 27.6. The van der Waals surface area contributed by atoms with Gasteiger partial charge in [0.2, 0.25) is 0 Å². The van der Waals surface area contributed by atoms with Gasteiger partial charge in [-0.15, -0.1) is 0 Å². The fraction of sp³-hybridized carbons (Fsp3) is 0.0488. The number of nitro benzene ring substituents is 1. The van der Waals surface area contributed by atoms with Crippen molar-refractivity contribution in [3.05, 3.63) is 177 Å². The average molecular weight is 711 g/mol. The van der Waals surface area contributed by atoms with Crippen LogP contribution in [0.2, 0.25) is 5.02 Å². The molecule has 0 unspecified atom stereocenters. The Morgan fingerprint density at radius 1 is 0.654 bits per heavy atom. The second-order valence-corrected chi connectivity index (χ2v) is 11.7. The van der Waals surface area contributed by atoms with Gasteiger partial charge in [0.05, 0.1) is 4.92 Å². The number of hydrogen-bond donors (Lipinski definition) is 2. The fourth-order valence-corrected chi connectivity index (χ4v) is 5.28. The summed E-state index contributed by atoms with van der Waals surface area (Å²) < 4.78 is 23.0. The first-order chi connectivity index (χ1) is 25.3. The van der Waals surface area contributed by atoms with Gasteiger partial charge >= 0.3 is 0 Å². The first kappa shape index (κ1) is 34.9. The number of halogens is 1. The highest BCUT2D eigenvalue weighted by Gasteiger charge is 2.13. The van der Waals surface area contributed by atoms with E-state index in [4.69, 9.17) is 36.3 Å². The van der Waals surface area contributed by atoms with Crippen LogP contribution < -0.4 is 24.7 Å². The largest absolute Gasteiger partial charge is 0.489 e. The van der Waals surface area contributed by atoms with Crippen LogP contribution in [0.15, 0.2) is 146 Å². The van der Waals surface area contributed by atoms with Gasteiger partial charge in [-0.05, 0) is 83.9 Å². The van der Waals surface area contributed by atoms with Gasteiger partial charge in [-0.2, -0.15) is 5.26 Å². The van der Waals surface area contributed by atoms with Gasteiger partial charge < -0.3 is 29.7 Å². The molecule has 6 aromatic carbocycles. The molecule has 0 atom stereocenters.